The van der Waals surface area contributed by atoms with E-state index in [4.69, 9.17) is 14.2 Å². The molecule has 0 N–H and O–H groups in total. The molecule has 5 rings (SSSR count). The summed E-state index contributed by atoms with van der Waals surface area (Å²) in [6.07, 6.45) is 2.61. The summed E-state index contributed by atoms with van der Waals surface area (Å²) in [5, 5.41) is 1.22. The predicted octanol–water partition coefficient (Wildman–Crippen LogP) is 7.15. The van der Waals surface area contributed by atoms with Gasteiger partial charge in [0.15, 0.2) is 0 Å². The SMILES string of the molecule is COc1ccc(-c2sc3cc(OC)ccc3c2-c2cccc(OCCN3CCCC3)c2)cc1.Cl. The van der Waals surface area contributed by atoms with Gasteiger partial charge in [0.25, 0.3) is 0 Å². The summed E-state index contributed by atoms with van der Waals surface area (Å²) in [5.74, 6) is 2.65. The molecule has 1 fully saturated rings. The van der Waals surface area contributed by atoms with Gasteiger partial charge >= 0.3 is 0 Å². The zero-order valence-electron chi connectivity index (χ0n) is 19.6. The van der Waals surface area contributed by atoms with Crippen LogP contribution in [-0.4, -0.2) is 45.4 Å². The van der Waals surface area contributed by atoms with Crippen LogP contribution in [0.5, 0.6) is 17.2 Å². The number of halogens is 1. The molecule has 4 nitrogen and oxygen atoms in total. The number of benzene rings is 3. The maximum Gasteiger partial charge on any atom is 0.120 e. The highest BCUT2D eigenvalue weighted by molar-refractivity contribution is 7.23. The number of rotatable bonds is 8. The molecule has 1 saturated heterocycles. The molecule has 6 heteroatoms. The highest BCUT2D eigenvalue weighted by Gasteiger charge is 2.17. The number of nitrogens with zero attached hydrogens (tertiary/aromatic N) is 1. The molecule has 1 aliphatic heterocycles. The smallest absolute Gasteiger partial charge is 0.120 e. The van der Waals surface area contributed by atoms with Crippen molar-refractivity contribution in [1.29, 1.82) is 0 Å². The maximum absolute atomic E-state index is 6.16. The first kappa shape index (κ1) is 24.4. The highest BCUT2D eigenvalue weighted by atomic mass is 35.5. The van der Waals surface area contributed by atoms with Gasteiger partial charge in [-0.15, -0.1) is 23.7 Å². The monoisotopic (exact) mass is 495 g/mol. The van der Waals surface area contributed by atoms with Crippen LogP contribution in [-0.2, 0) is 0 Å². The van der Waals surface area contributed by atoms with Gasteiger partial charge in [0.05, 0.1) is 14.2 Å². The van der Waals surface area contributed by atoms with Crippen LogP contribution in [0.15, 0.2) is 66.7 Å². The Morgan fingerprint density at radius 1 is 0.794 bits per heavy atom. The topological polar surface area (TPSA) is 30.9 Å². The minimum absolute atomic E-state index is 0. The quantitative estimate of drug-likeness (QED) is 0.260. The number of ether oxygens (including phenoxy) is 3. The van der Waals surface area contributed by atoms with Crippen LogP contribution in [0.25, 0.3) is 31.7 Å². The Bertz CT molecular complexity index is 1230. The summed E-state index contributed by atoms with van der Waals surface area (Å²) in [7, 11) is 3.41. The fourth-order valence-corrected chi connectivity index (χ4v) is 5.74. The lowest BCUT2D eigenvalue weighted by Crippen LogP contribution is -2.25. The summed E-state index contributed by atoms with van der Waals surface area (Å²) < 4.78 is 18.2. The van der Waals surface area contributed by atoms with Crippen molar-refractivity contribution in [3.8, 4) is 38.8 Å². The van der Waals surface area contributed by atoms with Gasteiger partial charge in [-0.2, -0.15) is 0 Å². The Morgan fingerprint density at radius 3 is 2.26 bits per heavy atom. The lowest BCUT2D eigenvalue weighted by atomic mass is 9.98. The zero-order chi connectivity index (χ0) is 22.6. The van der Waals surface area contributed by atoms with E-state index in [1.807, 2.05) is 18.2 Å². The number of likely N-dealkylation sites (tertiary alicyclic amines) is 1. The van der Waals surface area contributed by atoms with Gasteiger partial charge in [-0.3, -0.25) is 4.90 Å². The first-order chi connectivity index (χ1) is 16.2. The highest BCUT2D eigenvalue weighted by Crippen LogP contribution is 2.46. The Morgan fingerprint density at radius 2 is 1.53 bits per heavy atom. The van der Waals surface area contributed by atoms with Crippen LogP contribution in [0.4, 0.5) is 0 Å². The van der Waals surface area contributed by atoms with E-state index in [9.17, 15) is 0 Å². The molecule has 0 amide bonds. The molecule has 0 atom stereocenters. The van der Waals surface area contributed by atoms with Crippen LogP contribution in [0.1, 0.15) is 12.8 Å². The van der Waals surface area contributed by atoms with Crippen LogP contribution in [0.3, 0.4) is 0 Å². The molecule has 4 aromatic rings. The number of fused-ring (bicyclic) bond motifs is 1. The lowest BCUT2D eigenvalue weighted by molar-refractivity contribution is 0.238. The van der Waals surface area contributed by atoms with E-state index in [1.165, 1.54) is 52.0 Å². The number of thiophene rings is 1. The third-order valence-corrected chi connectivity index (χ3v) is 7.45. The van der Waals surface area contributed by atoms with Gasteiger partial charge in [0, 0.05) is 27.1 Å². The van der Waals surface area contributed by atoms with Gasteiger partial charge < -0.3 is 14.2 Å². The molecule has 0 radical (unpaired) electrons. The second-order valence-electron chi connectivity index (χ2n) is 8.32. The van der Waals surface area contributed by atoms with Crippen LogP contribution < -0.4 is 14.2 Å². The molecule has 3 aromatic carbocycles. The molecule has 34 heavy (non-hydrogen) atoms. The Kier molecular flexibility index (Phi) is 7.99. The van der Waals surface area contributed by atoms with Gasteiger partial charge in [-0.1, -0.05) is 12.1 Å². The van der Waals surface area contributed by atoms with Crippen molar-refractivity contribution in [3.63, 3.8) is 0 Å². The van der Waals surface area contributed by atoms with Crippen LogP contribution in [0.2, 0.25) is 0 Å². The molecule has 2 heterocycles. The Labute approximate surface area is 211 Å². The third-order valence-electron chi connectivity index (χ3n) is 6.25. The predicted molar refractivity (Wildman–Crippen MR) is 144 cm³/mol. The minimum atomic E-state index is 0. The molecule has 1 aromatic heterocycles. The van der Waals surface area contributed by atoms with Crippen molar-refractivity contribution in [2.24, 2.45) is 0 Å². The van der Waals surface area contributed by atoms with Crippen LogP contribution in [0, 0.1) is 0 Å². The van der Waals surface area contributed by atoms with Gasteiger partial charge in [0.2, 0.25) is 0 Å². The second kappa shape index (κ2) is 11.1. The fourth-order valence-electron chi connectivity index (χ4n) is 4.48. The molecule has 0 unspecified atom stereocenters. The largest absolute Gasteiger partial charge is 0.497 e. The molecule has 178 valence electrons. The van der Waals surface area contributed by atoms with Crippen molar-refractivity contribution in [1.82, 2.24) is 4.90 Å². The van der Waals surface area contributed by atoms with E-state index in [0.717, 1.165) is 36.0 Å². The van der Waals surface area contributed by atoms with E-state index in [0.29, 0.717) is 0 Å². The van der Waals surface area contributed by atoms with Crippen molar-refractivity contribution in [3.05, 3.63) is 66.7 Å². The zero-order valence-corrected chi connectivity index (χ0v) is 21.2. The van der Waals surface area contributed by atoms with Crippen molar-refractivity contribution in [2.75, 3.05) is 40.5 Å². The molecule has 0 spiro atoms. The first-order valence-corrected chi connectivity index (χ1v) is 12.3. The molecular formula is C28H30ClNO3S. The molecule has 0 aliphatic carbocycles. The molecule has 0 saturated carbocycles. The standard InChI is InChI=1S/C28H29NO3S.ClH/c1-30-22-10-8-20(9-11-22)28-27(25-13-12-23(31-2)19-26(25)33-28)21-6-5-7-24(18-21)32-17-16-29-14-3-4-15-29;/h5-13,18-19H,3-4,14-17H2,1-2H3;1H. The number of hydrogen-bond acceptors (Lipinski definition) is 5. The first-order valence-electron chi connectivity index (χ1n) is 11.5. The van der Waals surface area contributed by atoms with E-state index in [-0.39, 0.29) is 12.4 Å². The van der Waals surface area contributed by atoms with Gasteiger partial charge in [0.1, 0.15) is 23.9 Å². The van der Waals surface area contributed by atoms with E-state index in [1.54, 1.807) is 25.6 Å². The van der Waals surface area contributed by atoms with Gasteiger partial charge in [-0.05, 0) is 91.7 Å². The average molecular weight is 496 g/mol. The van der Waals surface area contributed by atoms with Crippen molar-refractivity contribution >= 4 is 33.8 Å². The summed E-state index contributed by atoms with van der Waals surface area (Å²) in [4.78, 5) is 3.71. The van der Waals surface area contributed by atoms with Crippen molar-refractivity contribution in [2.45, 2.75) is 12.8 Å². The summed E-state index contributed by atoms with van der Waals surface area (Å²) in [6.45, 7) is 4.09. The van der Waals surface area contributed by atoms with E-state index >= 15 is 0 Å². The van der Waals surface area contributed by atoms with Gasteiger partial charge in [-0.25, -0.2) is 0 Å². The van der Waals surface area contributed by atoms with E-state index < -0.39 is 0 Å². The number of methoxy groups -OCH3 is 2. The minimum Gasteiger partial charge on any atom is -0.497 e. The second-order valence-corrected chi connectivity index (χ2v) is 9.37. The summed E-state index contributed by atoms with van der Waals surface area (Å²) in [5.41, 5.74) is 3.56. The fraction of sp³-hybridized carbons (Fsp3) is 0.286. The Hall–Kier alpha value is -2.73. The number of hydrogen-bond donors (Lipinski definition) is 0. The summed E-state index contributed by atoms with van der Waals surface area (Å²) >= 11 is 1.79. The maximum atomic E-state index is 6.16. The molecule has 1 aliphatic rings. The van der Waals surface area contributed by atoms with E-state index in [2.05, 4.69) is 53.4 Å². The summed E-state index contributed by atoms with van der Waals surface area (Å²) in [6, 6.07) is 23.1. The normalized spacial score (nSPS) is 13.6. The Balaban J connectivity index is 0.00000274. The lowest BCUT2D eigenvalue weighted by Gasteiger charge is -2.15. The average Bonchev–Trinajstić information content (AvgIpc) is 3.51. The molecule has 0 bridgehead atoms. The van der Waals surface area contributed by atoms with Crippen molar-refractivity contribution < 1.29 is 14.2 Å². The molecular weight excluding hydrogens is 466 g/mol. The van der Waals surface area contributed by atoms with Crippen LogP contribution >= 0.6 is 23.7 Å². The third kappa shape index (κ3) is 5.17.